The first kappa shape index (κ1) is 17.5. The molecular weight excluding hydrogens is 317 g/mol. The summed E-state index contributed by atoms with van der Waals surface area (Å²) < 4.78 is 23.8. The van der Waals surface area contributed by atoms with Crippen LogP contribution in [0.3, 0.4) is 0 Å². The molecule has 1 aromatic carbocycles. The molecule has 7 heteroatoms. The molecule has 128 valence electrons. The Labute approximate surface area is 138 Å². The van der Waals surface area contributed by atoms with Crippen LogP contribution in [0.15, 0.2) is 34.7 Å². The van der Waals surface area contributed by atoms with Crippen LogP contribution in [0.25, 0.3) is 0 Å². The predicted molar refractivity (Wildman–Crippen MR) is 83.4 cm³/mol. The number of carbonyl (C=O) groups excluding carboxylic acids is 1. The van der Waals surface area contributed by atoms with Crippen LogP contribution in [0, 0.1) is 12.7 Å². The molecule has 1 heterocycles. The largest absolute Gasteiger partial charge is 0.478 e. The molecule has 0 aliphatic carbocycles. The summed E-state index contributed by atoms with van der Waals surface area (Å²) in [6, 6.07) is 6.70. The Kier molecular flexibility index (Phi) is 4.92. The van der Waals surface area contributed by atoms with Crippen molar-refractivity contribution in [2.75, 3.05) is 0 Å². The monoisotopic (exact) mass is 335 g/mol. The quantitative estimate of drug-likeness (QED) is 0.847. The lowest BCUT2D eigenvalue weighted by atomic mass is 10.1. The lowest BCUT2D eigenvalue weighted by molar-refractivity contribution is -0.134. The summed E-state index contributed by atoms with van der Waals surface area (Å²) >= 11 is 0. The van der Waals surface area contributed by atoms with Crippen molar-refractivity contribution in [3.05, 3.63) is 53.2 Å². The van der Waals surface area contributed by atoms with Crippen molar-refractivity contribution < 1.29 is 28.2 Å². The topological polar surface area (TPSA) is 88.8 Å². The average Bonchev–Trinajstić information content (AvgIpc) is 2.88. The molecule has 0 spiro atoms. The highest BCUT2D eigenvalue weighted by Gasteiger charge is 2.30. The number of rotatable bonds is 6. The molecule has 0 radical (unpaired) electrons. The molecule has 0 atom stereocenters. The zero-order valence-corrected chi connectivity index (χ0v) is 13.6. The first-order valence-electron chi connectivity index (χ1n) is 7.24. The van der Waals surface area contributed by atoms with Crippen molar-refractivity contribution in [2.24, 2.45) is 0 Å². The number of benzene rings is 1. The van der Waals surface area contributed by atoms with Crippen LogP contribution in [0.2, 0.25) is 0 Å². The van der Waals surface area contributed by atoms with Crippen LogP contribution in [0.1, 0.15) is 35.7 Å². The maximum Gasteiger partial charge on any atom is 0.339 e. The van der Waals surface area contributed by atoms with Gasteiger partial charge in [-0.25, -0.2) is 9.18 Å². The molecule has 0 saturated heterocycles. The Morgan fingerprint density at radius 1 is 1.29 bits per heavy atom. The number of carboxylic acids is 1. The number of carboxylic acid groups (broad SMARTS) is 1. The number of nitrogens with one attached hydrogen (secondary N) is 1. The summed E-state index contributed by atoms with van der Waals surface area (Å²) in [5, 5.41) is 11.6. The molecule has 2 aromatic rings. The Bertz CT molecular complexity index is 749. The van der Waals surface area contributed by atoms with Crippen LogP contribution in [-0.4, -0.2) is 22.6 Å². The highest BCUT2D eigenvalue weighted by atomic mass is 19.1. The number of hydrogen-bond donors (Lipinski definition) is 2. The van der Waals surface area contributed by atoms with E-state index in [4.69, 9.17) is 14.3 Å². The van der Waals surface area contributed by atoms with Crippen LogP contribution < -0.4 is 10.1 Å². The van der Waals surface area contributed by atoms with E-state index >= 15 is 0 Å². The summed E-state index contributed by atoms with van der Waals surface area (Å²) in [4.78, 5) is 23.2. The number of aryl methyl sites for hydroxylation is 1. The van der Waals surface area contributed by atoms with Crippen molar-refractivity contribution in [1.82, 2.24) is 5.32 Å². The Hall–Kier alpha value is -2.83. The van der Waals surface area contributed by atoms with Gasteiger partial charge in [0.15, 0.2) is 5.60 Å². The molecule has 0 aliphatic rings. The molecule has 0 fully saturated rings. The van der Waals surface area contributed by atoms with Gasteiger partial charge in [-0.2, -0.15) is 0 Å². The molecule has 6 nitrogen and oxygen atoms in total. The van der Waals surface area contributed by atoms with E-state index in [9.17, 15) is 14.0 Å². The fraction of sp³-hybridized carbons (Fsp3) is 0.294. The van der Waals surface area contributed by atoms with Gasteiger partial charge in [0.1, 0.15) is 28.7 Å². The minimum atomic E-state index is -1.20. The maximum absolute atomic E-state index is 12.9. The Morgan fingerprint density at radius 3 is 2.46 bits per heavy atom. The maximum atomic E-state index is 12.9. The first-order chi connectivity index (χ1) is 11.2. The van der Waals surface area contributed by atoms with Crippen LogP contribution >= 0.6 is 0 Å². The average molecular weight is 335 g/mol. The Balaban J connectivity index is 1.98. The van der Waals surface area contributed by atoms with E-state index in [-0.39, 0.29) is 17.9 Å². The lowest BCUT2D eigenvalue weighted by Crippen LogP contribution is -2.46. The van der Waals surface area contributed by atoms with Crippen molar-refractivity contribution >= 4 is 11.9 Å². The smallest absolute Gasteiger partial charge is 0.339 e. The molecule has 24 heavy (non-hydrogen) atoms. The standard InChI is InChI=1S/C17H18FNO5/c1-10-14(15(20)21)8-13(23-10)9-19-16(22)17(2,3)24-12-6-4-11(18)5-7-12/h4-8H,9H2,1-3H3,(H,19,22)(H,20,21). The normalized spacial score (nSPS) is 11.2. The number of furan rings is 1. The minimum absolute atomic E-state index is 0.0309. The van der Waals surface area contributed by atoms with Gasteiger partial charge in [0, 0.05) is 0 Å². The molecule has 1 aromatic heterocycles. The van der Waals surface area contributed by atoms with E-state index in [0.29, 0.717) is 11.5 Å². The molecule has 0 aliphatic heterocycles. The van der Waals surface area contributed by atoms with Gasteiger partial charge < -0.3 is 19.6 Å². The predicted octanol–water partition coefficient (Wildman–Crippen LogP) is 2.90. The van der Waals surface area contributed by atoms with Gasteiger partial charge >= 0.3 is 5.97 Å². The van der Waals surface area contributed by atoms with E-state index < -0.39 is 23.3 Å². The highest BCUT2D eigenvalue weighted by Crippen LogP contribution is 2.19. The molecule has 0 saturated carbocycles. The lowest BCUT2D eigenvalue weighted by Gasteiger charge is -2.25. The van der Waals surface area contributed by atoms with Gasteiger partial charge in [-0.3, -0.25) is 4.79 Å². The molecule has 0 unspecified atom stereocenters. The van der Waals surface area contributed by atoms with Gasteiger partial charge in [0.25, 0.3) is 5.91 Å². The van der Waals surface area contributed by atoms with Gasteiger partial charge in [0.2, 0.25) is 0 Å². The van der Waals surface area contributed by atoms with Crippen molar-refractivity contribution in [3.8, 4) is 5.75 Å². The van der Waals surface area contributed by atoms with E-state index in [1.165, 1.54) is 37.3 Å². The van der Waals surface area contributed by atoms with Crippen molar-refractivity contribution in [3.63, 3.8) is 0 Å². The highest BCUT2D eigenvalue weighted by molar-refractivity contribution is 5.89. The Morgan fingerprint density at radius 2 is 1.92 bits per heavy atom. The second-order valence-electron chi connectivity index (χ2n) is 5.74. The van der Waals surface area contributed by atoms with E-state index in [0.717, 1.165) is 0 Å². The number of ether oxygens (including phenoxy) is 1. The summed E-state index contributed by atoms with van der Waals surface area (Å²) in [6.45, 7) is 4.71. The molecule has 2 rings (SSSR count). The SMILES string of the molecule is Cc1oc(CNC(=O)C(C)(C)Oc2ccc(F)cc2)cc1C(=O)O. The zero-order valence-electron chi connectivity index (χ0n) is 13.6. The second-order valence-corrected chi connectivity index (χ2v) is 5.74. The minimum Gasteiger partial charge on any atom is -0.478 e. The van der Waals surface area contributed by atoms with E-state index in [2.05, 4.69) is 5.32 Å². The molecular formula is C17H18FNO5. The molecule has 0 bridgehead atoms. The van der Waals surface area contributed by atoms with Crippen LogP contribution in [0.5, 0.6) is 5.75 Å². The van der Waals surface area contributed by atoms with Gasteiger partial charge in [-0.1, -0.05) is 0 Å². The van der Waals surface area contributed by atoms with Crippen LogP contribution in [-0.2, 0) is 11.3 Å². The van der Waals surface area contributed by atoms with Crippen molar-refractivity contribution in [2.45, 2.75) is 32.9 Å². The fourth-order valence-electron chi connectivity index (χ4n) is 2.07. The van der Waals surface area contributed by atoms with Gasteiger partial charge in [0.05, 0.1) is 6.54 Å². The molecule has 1 amide bonds. The number of aromatic carboxylic acids is 1. The second kappa shape index (κ2) is 6.74. The summed E-state index contributed by atoms with van der Waals surface area (Å²) in [5.41, 5.74) is -1.14. The van der Waals surface area contributed by atoms with Gasteiger partial charge in [-0.05, 0) is 51.1 Å². The number of amides is 1. The van der Waals surface area contributed by atoms with Crippen LogP contribution in [0.4, 0.5) is 4.39 Å². The third-order valence-corrected chi connectivity index (χ3v) is 3.36. The van der Waals surface area contributed by atoms with Gasteiger partial charge in [-0.15, -0.1) is 0 Å². The summed E-state index contributed by atoms with van der Waals surface area (Å²) in [6.07, 6.45) is 0. The third kappa shape index (κ3) is 4.13. The number of hydrogen-bond acceptors (Lipinski definition) is 4. The fourth-order valence-corrected chi connectivity index (χ4v) is 2.07. The van der Waals surface area contributed by atoms with E-state index in [1.807, 2.05) is 0 Å². The molecule has 2 N–H and O–H groups in total. The number of halogens is 1. The third-order valence-electron chi connectivity index (χ3n) is 3.36. The first-order valence-corrected chi connectivity index (χ1v) is 7.24. The summed E-state index contributed by atoms with van der Waals surface area (Å²) in [7, 11) is 0. The summed E-state index contributed by atoms with van der Waals surface area (Å²) in [5.74, 6) is -0.943. The van der Waals surface area contributed by atoms with Crippen molar-refractivity contribution in [1.29, 1.82) is 0 Å². The van der Waals surface area contributed by atoms with E-state index in [1.54, 1.807) is 13.8 Å². The zero-order chi connectivity index (χ0) is 17.9. The number of carbonyl (C=O) groups is 2.